The van der Waals surface area contributed by atoms with E-state index in [0.717, 1.165) is 5.57 Å². The van der Waals surface area contributed by atoms with E-state index in [1.54, 1.807) is 24.3 Å². The van der Waals surface area contributed by atoms with Gasteiger partial charge in [-0.3, -0.25) is 4.79 Å². The first-order valence-corrected chi connectivity index (χ1v) is 18.6. The van der Waals surface area contributed by atoms with E-state index in [-0.39, 0.29) is 40.0 Å². The molecule has 3 aliphatic rings. The molecule has 3 aromatic rings. The highest BCUT2D eigenvalue weighted by atomic mass is 16.8. The zero-order chi connectivity index (χ0) is 42.2. The Morgan fingerprint density at radius 3 is 1.93 bits per heavy atom. The van der Waals surface area contributed by atoms with E-state index in [4.69, 9.17) is 37.6 Å². The van der Waals surface area contributed by atoms with Crippen molar-refractivity contribution in [2.24, 2.45) is 0 Å². The van der Waals surface area contributed by atoms with Crippen LogP contribution in [0.15, 0.2) is 57.3 Å². The smallest absolute Gasteiger partial charge is 0.235 e. The number of allylic oxidation sites excluding steroid dienone is 2. The molecular formula is C39H50O19. The Kier molecular flexibility index (Phi) is 13.8. The van der Waals surface area contributed by atoms with E-state index < -0.39 is 117 Å². The minimum absolute atomic E-state index is 0.0101. The molecule has 0 radical (unpaired) electrons. The molecule has 10 N–H and O–H groups in total. The first kappa shape index (κ1) is 43.8. The number of ether oxygens (including phenoxy) is 7. The molecule has 0 bridgehead atoms. The Hall–Kier alpha value is -3.77. The van der Waals surface area contributed by atoms with Crippen molar-refractivity contribution < 1.29 is 88.6 Å². The first-order valence-electron chi connectivity index (χ1n) is 18.6. The van der Waals surface area contributed by atoms with Gasteiger partial charge in [-0.15, -0.1) is 0 Å². The monoisotopic (exact) mass is 822 g/mol. The number of aliphatic hydroxyl groups is 10. The number of fused-ring (bicyclic) bond motifs is 1. The van der Waals surface area contributed by atoms with Gasteiger partial charge in [0.25, 0.3) is 0 Å². The maximum absolute atomic E-state index is 14.7. The average molecular weight is 823 g/mol. The third-order valence-corrected chi connectivity index (χ3v) is 10.4. The lowest BCUT2D eigenvalue weighted by molar-refractivity contribution is -0.354. The van der Waals surface area contributed by atoms with Gasteiger partial charge in [0.15, 0.2) is 18.2 Å². The fourth-order valence-corrected chi connectivity index (χ4v) is 6.91. The van der Waals surface area contributed by atoms with Crippen LogP contribution in [-0.2, 0) is 25.4 Å². The molecule has 15 atom stereocenters. The summed E-state index contributed by atoms with van der Waals surface area (Å²) in [5.74, 6) is -0.172. The minimum atomic E-state index is -1.89. The Morgan fingerprint density at radius 2 is 1.31 bits per heavy atom. The van der Waals surface area contributed by atoms with Gasteiger partial charge in [0.05, 0.1) is 31.8 Å². The summed E-state index contributed by atoms with van der Waals surface area (Å²) >= 11 is 0. The predicted octanol–water partition coefficient (Wildman–Crippen LogP) is -1.81. The maximum Gasteiger partial charge on any atom is 0.235 e. The Morgan fingerprint density at radius 1 is 0.707 bits per heavy atom. The van der Waals surface area contributed by atoms with Gasteiger partial charge in [-0.25, -0.2) is 0 Å². The van der Waals surface area contributed by atoms with Gasteiger partial charge < -0.3 is 88.6 Å². The van der Waals surface area contributed by atoms with Gasteiger partial charge >= 0.3 is 0 Å². The quantitative estimate of drug-likeness (QED) is 0.0901. The molecule has 3 aliphatic heterocycles. The lowest BCUT2D eigenvalue weighted by atomic mass is 9.97. The van der Waals surface area contributed by atoms with Crippen molar-refractivity contribution in [1.82, 2.24) is 0 Å². The second kappa shape index (κ2) is 18.2. The zero-order valence-electron chi connectivity index (χ0n) is 32.0. The highest BCUT2D eigenvalue weighted by Gasteiger charge is 2.51. The van der Waals surface area contributed by atoms with E-state index in [1.165, 1.54) is 26.2 Å². The third kappa shape index (κ3) is 8.60. The standard InChI is InChI=1S/C39H50O19/c1-15(2)5-10-19-21(53-38-32(50)29(47)26(44)22(13-40)54-38)12-11-20-25(43)35(33(56-34(19)20)17-6-8-18(51-4)9-7-17)57-39-36(30(48)27(45)23(14-41)55-39)58-37-31(49)28(46)24(42)16(3)52-37/h5-9,11-12,16,22-24,26-32,36-42,44-50H,10,13-14H2,1-4H3. The second-order valence-corrected chi connectivity index (χ2v) is 14.6. The molecule has 3 saturated heterocycles. The topological polar surface area (TPSA) is 297 Å². The summed E-state index contributed by atoms with van der Waals surface area (Å²) in [6.07, 6.45) is -22.5. The van der Waals surface area contributed by atoms with Crippen molar-refractivity contribution in [3.8, 4) is 28.6 Å². The van der Waals surface area contributed by atoms with Gasteiger partial charge in [-0.1, -0.05) is 11.6 Å². The van der Waals surface area contributed by atoms with Crippen LogP contribution < -0.4 is 19.6 Å². The van der Waals surface area contributed by atoms with E-state index in [0.29, 0.717) is 5.75 Å². The number of methoxy groups -OCH3 is 1. The number of benzene rings is 2. The Balaban J connectivity index is 1.48. The molecular weight excluding hydrogens is 772 g/mol. The van der Waals surface area contributed by atoms with E-state index in [1.807, 2.05) is 19.9 Å². The van der Waals surface area contributed by atoms with Crippen LogP contribution in [0.2, 0.25) is 0 Å². The Labute approximate surface area is 331 Å². The summed E-state index contributed by atoms with van der Waals surface area (Å²) in [5, 5.41) is 105. The predicted molar refractivity (Wildman–Crippen MR) is 198 cm³/mol. The summed E-state index contributed by atoms with van der Waals surface area (Å²) in [7, 11) is 1.46. The van der Waals surface area contributed by atoms with Crippen LogP contribution in [-0.4, -0.2) is 164 Å². The average Bonchev–Trinajstić information content (AvgIpc) is 3.21. The normalized spacial score (nSPS) is 35.4. The molecule has 0 spiro atoms. The van der Waals surface area contributed by atoms with Crippen LogP contribution in [0, 0.1) is 0 Å². The molecule has 320 valence electrons. The van der Waals surface area contributed by atoms with E-state index >= 15 is 0 Å². The molecule has 3 fully saturated rings. The number of hydrogen-bond donors (Lipinski definition) is 10. The fraction of sp³-hybridized carbons (Fsp3) is 0.564. The molecule has 0 aliphatic carbocycles. The summed E-state index contributed by atoms with van der Waals surface area (Å²) in [6.45, 7) is 3.57. The van der Waals surface area contributed by atoms with E-state index in [2.05, 4.69) is 0 Å². The van der Waals surface area contributed by atoms with Gasteiger partial charge in [-0.05, 0) is 63.6 Å². The van der Waals surface area contributed by atoms with Crippen LogP contribution in [0.25, 0.3) is 22.3 Å². The largest absolute Gasteiger partial charge is 0.497 e. The van der Waals surface area contributed by atoms with Crippen molar-refractivity contribution in [3.63, 3.8) is 0 Å². The van der Waals surface area contributed by atoms with Crippen LogP contribution >= 0.6 is 0 Å². The fourth-order valence-electron chi connectivity index (χ4n) is 6.91. The van der Waals surface area contributed by atoms with Crippen molar-refractivity contribution in [1.29, 1.82) is 0 Å². The molecule has 19 nitrogen and oxygen atoms in total. The third-order valence-electron chi connectivity index (χ3n) is 10.4. The number of aliphatic hydroxyl groups excluding tert-OH is 10. The van der Waals surface area contributed by atoms with Crippen LogP contribution in [0.3, 0.4) is 0 Å². The van der Waals surface area contributed by atoms with Crippen LogP contribution in [0.5, 0.6) is 17.2 Å². The highest BCUT2D eigenvalue weighted by Crippen LogP contribution is 2.39. The molecule has 19 heteroatoms. The SMILES string of the molecule is COc1ccc(-c2oc3c(CC=C(C)C)c(OC4OC(CO)C(O)C(O)C4O)ccc3c(=O)c2OC2OC(CO)C(O)C(O)C2OC2OC(C)C(O)C(O)C2O)cc1. The number of hydrogen-bond acceptors (Lipinski definition) is 19. The highest BCUT2D eigenvalue weighted by molar-refractivity contribution is 5.86. The van der Waals surface area contributed by atoms with Crippen LogP contribution in [0.1, 0.15) is 26.3 Å². The van der Waals surface area contributed by atoms with Gasteiger partial charge in [-0.2, -0.15) is 0 Å². The minimum Gasteiger partial charge on any atom is -0.497 e. The summed E-state index contributed by atoms with van der Waals surface area (Å²) in [6, 6.07) is 9.01. The molecule has 1 aromatic heterocycles. The molecule has 15 unspecified atom stereocenters. The molecule has 2 aromatic carbocycles. The van der Waals surface area contributed by atoms with Crippen molar-refractivity contribution in [3.05, 3.63) is 63.8 Å². The summed E-state index contributed by atoms with van der Waals surface area (Å²) < 4.78 is 46.9. The number of rotatable bonds is 12. The lowest BCUT2D eigenvalue weighted by Crippen LogP contribution is -2.64. The van der Waals surface area contributed by atoms with Crippen molar-refractivity contribution >= 4 is 11.0 Å². The van der Waals surface area contributed by atoms with Gasteiger partial charge in [0, 0.05) is 11.1 Å². The van der Waals surface area contributed by atoms with E-state index in [9.17, 15) is 55.9 Å². The molecule has 58 heavy (non-hydrogen) atoms. The maximum atomic E-state index is 14.7. The first-order chi connectivity index (χ1) is 27.6. The molecule has 0 amide bonds. The Bertz CT molecular complexity index is 1950. The molecule has 6 rings (SSSR count). The second-order valence-electron chi connectivity index (χ2n) is 14.6. The van der Waals surface area contributed by atoms with Gasteiger partial charge in [0.1, 0.15) is 78.1 Å². The lowest BCUT2D eigenvalue weighted by Gasteiger charge is -2.45. The summed E-state index contributed by atoms with van der Waals surface area (Å²) in [5.41, 5.74) is 0.629. The summed E-state index contributed by atoms with van der Waals surface area (Å²) in [4.78, 5) is 14.7. The molecule has 0 saturated carbocycles. The zero-order valence-corrected chi connectivity index (χ0v) is 32.0. The van der Waals surface area contributed by atoms with Gasteiger partial charge in [0.2, 0.25) is 23.8 Å². The van der Waals surface area contributed by atoms with Crippen molar-refractivity contribution in [2.75, 3.05) is 20.3 Å². The van der Waals surface area contributed by atoms with Crippen LogP contribution in [0.4, 0.5) is 0 Å². The molecule has 4 heterocycles. The van der Waals surface area contributed by atoms with Crippen molar-refractivity contribution in [2.45, 2.75) is 119 Å².